The molecule has 0 aliphatic heterocycles. The van der Waals surface area contributed by atoms with Gasteiger partial charge in [-0.3, -0.25) is 0 Å². The van der Waals surface area contributed by atoms with Crippen molar-refractivity contribution in [2.75, 3.05) is 0 Å². The number of hydrogen-bond donors (Lipinski definition) is 0. The van der Waals surface area contributed by atoms with Crippen LogP contribution in [0.25, 0.3) is 22.1 Å². The standard InChI is InChI=1S/C11H7IN2O/c1-6-13-10(12)9-7-4-2-3-5-8(7)15-11(9)14-6/h2-5H,1H3. The first-order valence-corrected chi connectivity index (χ1v) is 5.65. The fourth-order valence-electron chi connectivity index (χ4n) is 1.68. The molecular weight excluding hydrogens is 303 g/mol. The van der Waals surface area contributed by atoms with Crippen LogP contribution in [0, 0.1) is 10.6 Å². The third kappa shape index (κ3) is 1.31. The maximum atomic E-state index is 5.66. The van der Waals surface area contributed by atoms with Crippen LogP contribution in [-0.2, 0) is 0 Å². The highest BCUT2D eigenvalue weighted by atomic mass is 127. The van der Waals surface area contributed by atoms with Gasteiger partial charge in [0.05, 0.1) is 5.39 Å². The van der Waals surface area contributed by atoms with Gasteiger partial charge >= 0.3 is 0 Å². The fourth-order valence-corrected chi connectivity index (χ4v) is 2.55. The van der Waals surface area contributed by atoms with Crippen LogP contribution in [-0.4, -0.2) is 9.97 Å². The molecule has 0 saturated heterocycles. The van der Waals surface area contributed by atoms with E-state index in [2.05, 4.69) is 32.6 Å². The molecule has 0 atom stereocenters. The number of aryl methyl sites for hydroxylation is 1. The summed E-state index contributed by atoms with van der Waals surface area (Å²) in [6.07, 6.45) is 0. The molecule has 4 heteroatoms. The van der Waals surface area contributed by atoms with Gasteiger partial charge in [-0.05, 0) is 35.6 Å². The molecule has 0 radical (unpaired) electrons. The zero-order chi connectivity index (χ0) is 10.4. The third-order valence-electron chi connectivity index (χ3n) is 2.31. The lowest BCUT2D eigenvalue weighted by atomic mass is 10.2. The Morgan fingerprint density at radius 2 is 2.00 bits per heavy atom. The van der Waals surface area contributed by atoms with Crippen LogP contribution < -0.4 is 0 Å². The van der Waals surface area contributed by atoms with Crippen molar-refractivity contribution in [3.63, 3.8) is 0 Å². The summed E-state index contributed by atoms with van der Waals surface area (Å²) in [5.41, 5.74) is 1.54. The summed E-state index contributed by atoms with van der Waals surface area (Å²) >= 11 is 2.22. The molecule has 0 amide bonds. The molecule has 1 aromatic carbocycles. The Bertz CT molecular complexity index is 660. The minimum atomic E-state index is 0.674. The minimum Gasteiger partial charge on any atom is -0.438 e. The Morgan fingerprint density at radius 3 is 2.87 bits per heavy atom. The van der Waals surface area contributed by atoms with Crippen LogP contribution in [0.2, 0.25) is 0 Å². The van der Waals surface area contributed by atoms with E-state index in [0.717, 1.165) is 25.9 Å². The highest BCUT2D eigenvalue weighted by Gasteiger charge is 2.11. The van der Waals surface area contributed by atoms with E-state index in [4.69, 9.17) is 4.42 Å². The van der Waals surface area contributed by atoms with Crippen molar-refractivity contribution in [1.82, 2.24) is 9.97 Å². The Morgan fingerprint density at radius 1 is 1.20 bits per heavy atom. The van der Waals surface area contributed by atoms with Crippen molar-refractivity contribution >= 4 is 44.7 Å². The first-order chi connectivity index (χ1) is 7.25. The summed E-state index contributed by atoms with van der Waals surface area (Å²) in [7, 11) is 0. The Labute approximate surface area is 99.7 Å². The molecule has 15 heavy (non-hydrogen) atoms. The van der Waals surface area contributed by atoms with Crippen molar-refractivity contribution in [2.24, 2.45) is 0 Å². The van der Waals surface area contributed by atoms with Crippen molar-refractivity contribution in [1.29, 1.82) is 0 Å². The predicted molar refractivity (Wildman–Crippen MR) is 66.8 cm³/mol. The van der Waals surface area contributed by atoms with E-state index in [1.54, 1.807) is 0 Å². The average Bonchev–Trinajstić information content (AvgIpc) is 2.54. The summed E-state index contributed by atoms with van der Waals surface area (Å²) < 4.78 is 6.60. The molecule has 3 rings (SSSR count). The lowest BCUT2D eigenvalue weighted by molar-refractivity contribution is 0.650. The Balaban J connectivity index is 2.61. The molecular formula is C11H7IN2O. The molecule has 3 nitrogen and oxygen atoms in total. The molecule has 3 aromatic rings. The fraction of sp³-hybridized carbons (Fsp3) is 0.0909. The molecule has 0 bridgehead atoms. The van der Waals surface area contributed by atoms with E-state index >= 15 is 0 Å². The minimum absolute atomic E-state index is 0.674. The zero-order valence-corrected chi connectivity index (χ0v) is 10.1. The van der Waals surface area contributed by atoms with Crippen molar-refractivity contribution in [2.45, 2.75) is 6.92 Å². The van der Waals surface area contributed by atoms with Gasteiger partial charge in [-0.15, -0.1) is 0 Å². The van der Waals surface area contributed by atoms with Crippen LogP contribution in [0.5, 0.6) is 0 Å². The van der Waals surface area contributed by atoms with Gasteiger partial charge in [0.1, 0.15) is 15.1 Å². The second-order valence-electron chi connectivity index (χ2n) is 3.34. The second kappa shape index (κ2) is 3.16. The van der Waals surface area contributed by atoms with Gasteiger partial charge in [-0.2, -0.15) is 4.98 Å². The lowest BCUT2D eigenvalue weighted by Crippen LogP contribution is -1.90. The van der Waals surface area contributed by atoms with Crippen LogP contribution in [0.15, 0.2) is 28.7 Å². The van der Waals surface area contributed by atoms with E-state index in [0.29, 0.717) is 5.71 Å². The first-order valence-electron chi connectivity index (χ1n) is 4.57. The van der Waals surface area contributed by atoms with Crippen molar-refractivity contribution < 1.29 is 4.42 Å². The number of fused-ring (bicyclic) bond motifs is 3. The van der Waals surface area contributed by atoms with Crippen molar-refractivity contribution in [3.8, 4) is 0 Å². The van der Waals surface area contributed by atoms with Gasteiger partial charge in [-0.25, -0.2) is 4.98 Å². The third-order valence-corrected chi connectivity index (χ3v) is 3.09. The molecule has 0 fully saturated rings. The number of nitrogens with zero attached hydrogens (tertiary/aromatic N) is 2. The smallest absolute Gasteiger partial charge is 0.231 e. The van der Waals surface area contributed by atoms with Crippen molar-refractivity contribution in [3.05, 3.63) is 33.8 Å². The van der Waals surface area contributed by atoms with Gasteiger partial charge in [0, 0.05) is 5.39 Å². The quantitative estimate of drug-likeness (QED) is 0.472. The number of hydrogen-bond acceptors (Lipinski definition) is 3. The van der Waals surface area contributed by atoms with Gasteiger partial charge in [0.25, 0.3) is 0 Å². The molecule has 2 heterocycles. The highest BCUT2D eigenvalue weighted by Crippen LogP contribution is 2.29. The van der Waals surface area contributed by atoms with Crippen LogP contribution in [0.4, 0.5) is 0 Å². The van der Waals surface area contributed by atoms with E-state index in [1.165, 1.54) is 0 Å². The number of furan rings is 1. The van der Waals surface area contributed by atoms with E-state index in [-0.39, 0.29) is 0 Å². The van der Waals surface area contributed by atoms with Crippen LogP contribution >= 0.6 is 22.6 Å². The summed E-state index contributed by atoms with van der Waals surface area (Å²) in [4.78, 5) is 8.63. The van der Waals surface area contributed by atoms with E-state index in [9.17, 15) is 0 Å². The Hall–Kier alpha value is -1.17. The summed E-state index contributed by atoms with van der Waals surface area (Å²) in [5.74, 6) is 0.742. The molecule has 0 spiro atoms. The molecule has 0 N–H and O–H groups in total. The second-order valence-corrected chi connectivity index (χ2v) is 4.36. The number of benzene rings is 1. The summed E-state index contributed by atoms with van der Waals surface area (Å²) in [6, 6.07) is 7.93. The largest absolute Gasteiger partial charge is 0.438 e. The van der Waals surface area contributed by atoms with Crippen LogP contribution in [0.1, 0.15) is 5.82 Å². The predicted octanol–water partition coefficient (Wildman–Crippen LogP) is 3.29. The summed E-state index contributed by atoms with van der Waals surface area (Å²) in [6.45, 7) is 1.87. The maximum Gasteiger partial charge on any atom is 0.231 e. The first kappa shape index (κ1) is 9.08. The number of aromatic nitrogens is 2. The highest BCUT2D eigenvalue weighted by molar-refractivity contribution is 14.1. The van der Waals surface area contributed by atoms with Gasteiger partial charge in [-0.1, -0.05) is 18.2 Å². The average molecular weight is 310 g/mol. The number of rotatable bonds is 0. The van der Waals surface area contributed by atoms with E-state index < -0.39 is 0 Å². The Kier molecular flexibility index (Phi) is 1.92. The van der Waals surface area contributed by atoms with Gasteiger partial charge in [0.2, 0.25) is 5.71 Å². The SMILES string of the molecule is Cc1nc(I)c2c(n1)oc1ccccc12. The number of para-hydroxylation sites is 1. The molecule has 0 aliphatic carbocycles. The summed E-state index contributed by atoms with van der Waals surface area (Å²) in [5, 5.41) is 2.09. The van der Waals surface area contributed by atoms with Crippen LogP contribution in [0.3, 0.4) is 0 Å². The van der Waals surface area contributed by atoms with Gasteiger partial charge < -0.3 is 4.42 Å². The molecule has 2 aromatic heterocycles. The normalized spacial score (nSPS) is 11.3. The number of halogens is 1. The lowest BCUT2D eigenvalue weighted by Gasteiger charge is -1.94. The molecule has 0 aliphatic rings. The molecule has 74 valence electrons. The molecule has 0 saturated carbocycles. The topological polar surface area (TPSA) is 38.9 Å². The monoisotopic (exact) mass is 310 g/mol. The van der Waals surface area contributed by atoms with Gasteiger partial charge in [0.15, 0.2) is 0 Å². The van der Waals surface area contributed by atoms with E-state index in [1.807, 2.05) is 31.2 Å². The molecule has 0 unspecified atom stereocenters. The zero-order valence-electron chi connectivity index (χ0n) is 7.99. The maximum absolute atomic E-state index is 5.66.